The molecule has 0 atom stereocenters. The van der Waals surface area contributed by atoms with Crippen LogP contribution >= 0.6 is 0 Å². The smallest absolute Gasteiger partial charge is 0.164 e. The first-order valence-electron chi connectivity index (χ1n) is 9.21. The molecular weight excluding hydrogens is 390 g/mol. The molecule has 2 aromatic heterocycles. The Bertz CT molecular complexity index is 1340. The van der Waals surface area contributed by atoms with Crippen molar-refractivity contribution in [3.63, 3.8) is 0 Å². The van der Waals surface area contributed by atoms with Crippen molar-refractivity contribution in [2.45, 2.75) is 13.5 Å². The number of rotatable bonds is 4. The molecule has 0 N–H and O–H groups in total. The molecule has 0 amide bonds. The van der Waals surface area contributed by atoms with E-state index >= 15 is 0 Å². The van der Waals surface area contributed by atoms with E-state index in [2.05, 4.69) is 20.2 Å². The predicted octanol–water partition coefficient (Wildman–Crippen LogP) is 4.07. The van der Waals surface area contributed by atoms with Gasteiger partial charge in [0.25, 0.3) is 0 Å². The molecule has 2 aliphatic heterocycles. The van der Waals surface area contributed by atoms with Crippen molar-refractivity contribution >= 4 is 0 Å². The van der Waals surface area contributed by atoms with E-state index in [9.17, 15) is 8.78 Å². The third-order valence-electron chi connectivity index (χ3n) is 5.00. The first kappa shape index (κ1) is 18.2. The Hall–Kier alpha value is -3.88. The van der Waals surface area contributed by atoms with Gasteiger partial charge in [0, 0.05) is 36.8 Å². The molecule has 0 saturated carbocycles. The van der Waals surface area contributed by atoms with E-state index in [1.165, 1.54) is 0 Å². The second-order valence-electron chi connectivity index (χ2n) is 7.00. The third-order valence-corrected chi connectivity index (χ3v) is 5.00. The van der Waals surface area contributed by atoms with E-state index in [1.54, 1.807) is 16.9 Å². The number of pyridine rings is 1. The van der Waals surface area contributed by atoms with Crippen LogP contribution in [0.1, 0.15) is 11.5 Å². The highest BCUT2D eigenvalue weighted by Crippen LogP contribution is 2.27. The molecule has 7 nitrogen and oxygen atoms in total. The largest absolute Gasteiger partial charge is 0.359 e. The summed E-state index contributed by atoms with van der Waals surface area (Å²) in [6.45, 7) is 2.32. The molecule has 1 aromatic carbocycles. The number of nitrogens with zero attached hydrogens (tertiary/aromatic N) is 6. The zero-order valence-corrected chi connectivity index (χ0v) is 16.2. The quantitative estimate of drug-likeness (QED) is 0.450. The standard InChI is InChI=1S/C21H16F2N6O/c1-12-16(9-24-28(12)2)21-25-18-5-6-29(11-20(18)26-21)10-14-8-19(27-30-14)15-7-13(22)3-4-17(15)23/h3-9,11H,10H2,1-2H3. The van der Waals surface area contributed by atoms with Gasteiger partial charge in [-0.3, -0.25) is 4.68 Å². The summed E-state index contributed by atoms with van der Waals surface area (Å²) in [5.41, 5.74) is 3.67. The fraction of sp³-hybridized carbons (Fsp3) is 0.143. The Morgan fingerprint density at radius 3 is 2.63 bits per heavy atom. The molecular formula is C21H16F2N6O. The second-order valence-corrected chi connectivity index (χ2v) is 7.00. The van der Waals surface area contributed by atoms with Gasteiger partial charge in [0.05, 0.1) is 24.0 Å². The van der Waals surface area contributed by atoms with Gasteiger partial charge in [0.15, 0.2) is 11.6 Å². The van der Waals surface area contributed by atoms with Crippen LogP contribution in [0.15, 0.2) is 53.4 Å². The fourth-order valence-corrected chi connectivity index (χ4v) is 3.28. The van der Waals surface area contributed by atoms with Gasteiger partial charge in [-0.2, -0.15) is 5.10 Å². The zero-order valence-electron chi connectivity index (χ0n) is 16.2. The molecule has 5 rings (SSSR count). The topological polar surface area (TPSA) is 74.6 Å². The monoisotopic (exact) mass is 406 g/mol. The Kier molecular flexibility index (Phi) is 4.16. The van der Waals surface area contributed by atoms with Crippen molar-refractivity contribution < 1.29 is 13.3 Å². The van der Waals surface area contributed by atoms with Crippen LogP contribution in [-0.4, -0.2) is 29.5 Å². The number of benzene rings is 1. The first-order valence-corrected chi connectivity index (χ1v) is 9.21. The number of imidazole rings is 1. The third kappa shape index (κ3) is 3.14. The van der Waals surface area contributed by atoms with Gasteiger partial charge in [-0.15, -0.1) is 0 Å². The number of aryl methyl sites for hydroxylation is 1. The number of halogens is 2. The number of fused-ring (bicyclic) bond motifs is 1. The summed E-state index contributed by atoms with van der Waals surface area (Å²) in [7, 11) is 1.87. The highest BCUT2D eigenvalue weighted by Gasteiger charge is 2.17. The van der Waals surface area contributed by atoms with E-state index in [1.807, 2.05) is 37.0 Å². The molecule has 0 saturated heterocycles. The van der Waals surface area contributed by atoms with Crippen LogP contribution < -0.4 is 0 Å². The van der Waals surface area contributed by atoms with Crippen LogP contribution in [0, 0.1) is 18.6 Å². The maximum Gasteiger partial charge on any atom is 0.164 e. The number of hydrogen-bond donors (Lipinski definition) is 0. The van der Waals surface area contributed by atoms with Gasteiger partial charge in [-0.25, -0.2) is 18.7 Å². The molecule has 0 fully saturated rings. The minimum absolute atomic E-state index is 0.0591. The highest BCUT2D eigenvalue weighted by atomic mass is 19.1. The van der Waals surface area contributed by atoms with Crippen LogP contribution in [0.4, 0.5) is 8.78 Å². The lowest BCUT2D eigenvalue weighted by atomic mass is 10.1. The number of hydrogen-bond acceptors (Lipinski definition) is 5. The molecule has 150 valence electrons. The fourth-order valence-electron chi connectivity index (χ4n) is 3.28. The van der Waals surface area contributed by atoms with Crippen LogP contribution in [0.3, 0.4) is 0 Å². The lowest BCUT2D eigenvalue weighted by Gasteiger charge is -2.04. The molecule has 3 aromatic rings. The van der Waals surface area contributed by atoms with E-state index in [4.69, 9.17) is 4.52 Å². The summed E-state index contributed by atoms with van der Waals surface area (Å²) >= 11 is 0. The summed E-state index contributed by atoms with van der Waals surface area (Å²) in [5.74, 6) is 0.0264. The van der Waals surface area contributed by atoms with E-state index in [0.717, 1.165) is 40.8 Å². The summed E-state index contributed by atoms with van der Waals surface area (Å²) in [6, 6.07) is 6.68. The van der Waals surface area contributed by atoms with Gasteiger partial charge < -0.3 is 9.09 Å². The number of aromatic nitrogens is 6. The lowest BCUT2D eigenvalue weighted by Crippen LogP contribution is -1.99. The van der Waals surface area contributed by atoms with Crippen molar-refractivity contribution in [2.24, 2.45) is 7.05 Å². The molecule has 0 radical (unpaired) electrons. The maximum absolute atomic E-state index is 14.0. The second kappa shape index (κ2) is 6.87. The Morgan fingerprint density at radius 1 is 1.00 bits per heavy atom. The van der Waals surface area contributed by atoms with Gasteiger partial charge in [-0.05, 0) is 31.2 Å². The molecule has 4 heterocycles. The average Bonchev–Trinajstić information content (AvgIpc) is 3.43. The molecule has 2 aliphatic rings. The van der Waals surface area contributed by atoms with E-state index in [0.29, 0.717) is 18.1 Å². The normalized spacial score (nSPS) is 11.5. The minimum Gasteiger partial charge on any atom is -0.359 e. The zero-order chi connectivity index (χ0) is 20.8. The van der Waals surface area contributed by atoms with Gasteiger partial charge in [0.2, 0.25) is 0 Å². The van der Waals surface area contributed by atoms with E-state index in [-0.39, 0.29) is 11.3 Å². The summed E-state index contributed by atoms with van der Waals surface area (Å²) in [5, 5.41) is 8.11. The van der Waals surface area contributed by atoms with Crippen molar-refractivity contribution in [1.82, 2.24) is 29.5 Å². The molecule has 0 aliphatic carbocycles. The van der Waals surface area contributed by atoms with Crippen molar-refractivity contribution in [1.29, 1.82) is 0 Å². The van der Waals surface area contributed by atoms with Crippen LogP contribution in [-0.2, 0) is 13.6 Å². The summed E-state index contributed by atoms with van der Waals surface area (Å²) < 4.78 is 36.4. The molecule has 30 heavy (non-hydrogen) atoms. The Labute approximate surface area is 169 Å². The first-order chi connectivity index (χ1) is 14.5. The Morgan fingerprint density at radius 2 is 1.83 bits per heavy atom. The molecule has 0 spiro atoms. The average molecular weight is 406 g/mol. The van der Waals surface area contributed by atoms with Crippen molar-refractivity contribution in [3.8, 4) is 34.0 Å². The summed E-state index contributed by atoms with van der Waals surface area (Å²) in [4.78, 5) is 9.19. The molecule has 0 unspecified atom stereocenters. The van der Waals surface area contributed by atoms with Gasteiger partial charge in [-0.1, -0.05) is 5.16 Å². The maximum atomic E-state index is 14.0. The highest BCUT2D eigenvalue weighted by molar-refractivity contribution is 5.66. The SMILES string of the molecule is Cc1c(-c2nc3ccn(Cc4cc(-c5cc(F)ccc5F)no4)cc-3n2)cnn1C. The van der Waals surface area contributed by atoms with Gasteiger partial charge in [0.1, 0.15) is 23.0 Å². The van der Waals surface area contributed by atoms with Crippen LogP contribution in [0.5, 0.6) is 0 Å². The predicted molar refractivity (Wildman–Crippen MR) is 105 cm³/mol. The van der Waals surface area contributed by atoms with Crippen LogP contribution in [0.25, 0.3) is 34.0 Å². The van der Waals surface area contributed by atoms with Crippen molar-refractivity contribution in [2.75, 3.05) is 0 Å². The minimum atomic E-state index is -0.560. The molecule has 0 bridgehead atoms. The van der Waals surface area contributed by atoms with Crippen molar-refractivity contribution in [3.05, 3.63) is 72.0 Å². The molecule has 9 heteroatoms. The summed E-state index contributed by atoms with van der Waals surface area (Å²) in [6.07, 6.45) is 5.45. The Balaban J connectivity index is 1.43. The van der Waals surface area contributed by atoms with Gasteiger partial charge >= 0.3 is 0 Å². The van der Waals surface area contributed by atoms with Crippen LogP contribution in [0.2, 0.25) is 0 Å². The van der Waals surface area contributed by atoms with E-state index < -0.39 is 11.6 Å². The lowest BCUT2D eigenvalue weighted by molar-refractivity contribution is 0.378.